The second kappa shape index (κ2) is 13.5. The fraction of sp³-hybridized carbons (Fsp3) is 0.176. The average Bonchev–Trinajstić information content (AvgIpc) is 3.75. The first-order chi connectivity index (χ1) is 23.8. The SMILES string of the molecule is O=C(COc1ccc(Cl)c2ccccc12)O[C@H]1CN(c2ccc([N+](=O)[O-])c3nonc23)C[C@@H]1OC(=O)COc1ccc(Cl)c2ccccc12. The number of anilines is 1. The third-order valence-electron chi connectivity index (χ3n) is 8.04. The van der Waals surface area contributed by atoms with Gasteiger partial charge in [0.25, 0.3) is 0 Å². The zero-order valence-electron chi connectivity index (χ0n) is 25.3. The van der Waals surface area contributed by atoms with E-state index in [0.717, 1.165) is 21.5 Å². The molecule has 0 bridgehead atoms. The van der Waals surface area contributed by atoms with Crippen molar-refractivity contribution in [3.8, 4) is 11.5 Å². The summed E-state index contributed by atoms with van der Waals surface area (Å²) in [5.41, 5.74) is 0.198. The molecule has 1 aliphatic rings. The van der Waals surface area contributed by atoms with Crippen LogP contribution in [0.5, 0.6) is 11.5 Å². The number of carbonyl (C=O) groups is 2. The van der Waals surface area contributed by atoms with E-state index in [1.807, 2.05) is 48.5 Å². The standard InChI is InChI=1S/C34H24Cl2N4O9/c35-23-9-13-27(21-7-3-1-5-19(21)23)45-17-31(41)47-29-15-39(25-11-12-26(40(43)44)34-33(25)37-49-38-34)16-30(29)48-32(42)18-46-28-14-10-24(36)20-6-2-4-8-22(20)28/h1-14,29-30H,15-18H2/t29-,30-/m0/s1. The second-order valence-electron chi connectivity index (χ2n) is 11.0. The summed E-state index contributed by atoms with van der Waals surface area (Å²) < 4.78 is 28.0. The predicted molar refractivity (Wildman–Crippen MR) is 179 cm³/mol. The van der Waals surface area contributed by atoms with Crippen LogP contribution in [-0.2, 0) is 19.1 Å². The third-order valence-corrected chi connectivity index (χ3v) is 8.70. The molecule has 1 saturated heterocycles. The fourth-order valence-corrected chi connectivity index (χ4v) is 6.27. The molecule has 0 spiro atoms. The van der Waals surface area contributed by atoms with Crippen molar-refractivity contribution in [1.29, 1.82) is 0 Å². The predicted octanol–water partition coefficient (Wildman–Crippen LogP) is 6.55. The Morgan fingerprint density at radius 1 is 0.735 bits per heavy atom. The van der Waals surface area contributed by atoms with Crippen molar-refractivity contribution >= 4 is 79.1 Å². The van der Waals surface area contributed by atoms with E-state index in [1.54, 1.807) is 29.2 Å². The molecule has 0 radical (unpaired) electrons. The smallest absolute Gasteiger partial charge is 0.344 e. The zero-order valence-corrected chi connectivity index (χ0v) is 26.8. The van der Waals surface area contributed by atoms with Crippen molar-refractivity contribution in [1.82, 2.24) is 10.3 Å². The minimum atomic E-state index is -0.955. The molecule has 6 aromatic rings. The van der Waals surface area contributed by atoms with Gasteiger partial charge in [-0.3, -0.25) is 10.1 Å². The van der Waals surface area contributed by atoms with Crippen LogP contribution in [0.3, 0.4) is 0 Å². The average molecular weight is 703 g/mol. The molecule has 5 aromatic carbocycles. The van der Waals surface area contributed by atoms with E-state index in [0.29, 0.717) is 27.2 Å². The van der Waals surface area contributed by atoms with E-state index in [9.17, 15) is 19.7 Å². The van der Waals surface area contributed by atoms with Crippen molar-refractivity contribution in [3.05, 3.63) is 105 Å². The minimum absolute atomic E-state index is 0.0516. The van der Waals surface area contributed by atoms with Crippen molar-refractivity contribution in [2.24, 2.45) is 0 Å². The third kappa shape index (κ3) is 6.45. The number of carbonyl (C=O) groups excluding carboxylic acids is 2. The molecule has 13 nitrogen and oxygen atoms in total. The highest BCUT2D eigenvalue weighted by Gasteiger charge is 2.40. The van der Waals surface area contributed by atoms with Gasteiger partial charge in [-0.25, -0.2) is 14.2 Å². The van der Waals surface area contributed by atoms with E-state index in [1.165, 1.54) is 12.1 Å². The van der Waals surface area contributed by atoms with Crippen molar-refractivity contribution < 1.29 is 38.1 Å². The first kappa shape index (κ1) is 31.9. The molecule has 2 heterocycles. The van der Waals surface area contributed by atoms with Gasteiger partial charge in [-0.05, 0) is 40.6 Å². The van der Waals surface area contributed by atoms with E-state index in [-0.39, 0.29) is 29.8 Å². The van der Waals surface area contributed by atoms with Crippen LogP contribution < -0.4 is 14.4 Å². The maximum atomic E-state index is 13.1. The molecule has 1 aliphatic heterocycles. The lowest BCUT2D eigenvalue weighted by Crippen LogP contribution is -2.36. The van der Waals surface area contributed by atoms with Gasteiger partial charge in [-0.2, -0.15) is 0 Å². The van der Waals surface area contributed by atoms with Crippen LogP contribution in [0, 0.1) is 10.1 Å². The van der Waals surface area contributed by atoms with Crippen LogP contribution in [0.4, 0.5) is 11.4 Å². The monoisotopic (exact) mass is 702 g/mol. The number of ether oxygens (including phenoxy) is 4. The van der Waals surface area contributed by atoms with Gasteiger partial charge in [-0.1, -0.05) is 71.7 Å². The quantitative estimate of drug-likeness (QED) is 0.0863. The number of rotatable bonds is 10. The van der Waals surface area contributed by atoms with E-state index in [2.05, 4.69) is 10.3 Å². The summed E-state index contributed by atoms with van der Waals surface area (Å²) in [5.74, 6) is -0.557. The first-order valence-electron chi connectivity index (χ1n) is 14.9. The Morgan fingerprint density at radius 3 is 1.73 bits per heavy atom. The van der Waals surface area contributed by atoms with Crippen LogP contribution in [0.25, 0.3) is 32.6 Å². The summed E-state index contributed by atoms with van der Waals surface area (Å²) in [6.45, 7) is -0.777. The largest absolute Gasteiger partial charge is 0.481 e. The van der Waals surface area contributed by atoms with Gasteiger partial charge in [0.2, 0.25) is 5.52 Å². The number of esters is 2. The lowest BCUT2D eigenvalue weighted by atomic mass is 10.1. The second-order valence-corrected chi connectivity index (χ2v) is 11.9. The number of non-ortho nitro benzene ring substituents is 1. The van der Waals surface area contributed by atoms with E-state index < -0.39 is 42.3 Å². The molecular weight excluding hydrogens is 679 g/mol. The van der Waals surface area contributed by atoms with Gasteiger partial charge < -0.3 is 23.8 Å². The van der Waals surface area contributed by atoms with Crippen LogP contribution in [0.1, 0.15) is 0 Å². The van der Waals surface area contributed by atoms with Crippen LogP contribution in [0.2, 0.25) is 10.0 Å². The van der Waals surface area contributed by atoms with Gasteiger partial charge in [0.15, 0.2) is 30.9 Å². The molecule has 248 valence electrons. The summed E-state index contributed by atoms with van der Waals surface area (Å²) in [7, 11) is 0. The number of nitrogens with zero attached hydrogens (tertiary/aromatic N) is 4. The van der Waals surface area contributed by atoms with Crippen LogP contribution in [0.15, 0.2) is 89.6 Å². The summed E-state index contributed by atoms with van der Waals surface area (Å²) in [6, 6.07) is 24.1. The highest BCUT2D eigenvalue weighted by molar-refractivity contribution is 6.36. The lowest BCUT2D eigenvalue weighted by molar-refractivity contribution is -0.383. The summed E-state index contributed by atoms with van der Waals surface area (Å²) >= 11 is 12.6. The molecule has 2 atom stereocenters. The maximum Gasteiger partial charge on any atom is 0.344 e. The number of nitro groups is 1. The normalized spacial score (nSPS) is 15.8. The molecular formula is C34H24Cl2N4O9. The van der Waals surface area contributed by atoms with Crippen molar-refractivity contribution in [3.63, 3.8) is 0 Å². The Balaban J connectivity index is 1.09. The number of halogens is 2. The molecule has 0 amide bonds. The van der Waals surface area contributed by atoms with E-state index in [4.69, 9.17) is 46.8 Å². The number of hydrogen-bond acceptors (Lipinski definition) is 12. The van der Waals surface area contributed by atoms with Gasteiger partial charge in [0, 0.05) is 37.7 Å². The summed E-state index contributed by atoms with van der Waals surface area (Å²) in [5, 5.41) is 23.1. The molecule has 15 heteroatoms. The molecule has 1 aromatic heterocycles. The summed E-state index contributed by atoms with van der Waals surface area (Å²) in [6.07, 6.45) is -1.91. The molecule has 49 heavy (non-hydrogen) atoms. The highest BCUT2D eigenvalue weighted by Crippen LogP contribution is 2.35. The summed E-state index contributed by atoms with van der Waals surface area (Å²) in [4.78, 5) is 38.9. The Labute approximate surface area is 286 Å². The van der Waals surface area contributed by atoms with Crippen LogP contribution in [-0.4, -0.2) is 65.7 Å². The van der Waals surface area contributed by atoms with Gasteiger partial charge in [-0.15, -0.1) is 0 Å². The van der Waals surface area contributed by atoms with Crippen molar-refractivity contribution in [2.75, 3.05) is 31.2 Å². The molecule has 0 aliphatic carbocycles. The van der Waals surface area contributed by atoms with Crippen molar-refractivity contribution in [2.45, 2.75) is 12.2 Å². The Kier molecular flexibility index (Phi) is 8.76. The number of hydrogen-bond donors (Lipinski definition) is 0. The zero-order chi connectivity index (χ0) is 34.1. The number of aromatic nitrogens is 2. The van der Waals surface area contributed by atoms with E-state index >= 15 is 0 Å². The topological polar surface area (TPSA) is 156 Å². The highest BCUT2D eigenvalue weighted by atomic mass is 35.5. The Bertz CT molecular complexity index is 2130. The minimum Gasteiger partial charge on any atom is -0.481 e. The van der Waals surface area contributed by atoms with Gasteiger partial charge in [0.05, 0.1) is 23.7 Å². The fourth-order valence-electron chi connectivity index (χ4n) is 5.81. The lowest BCUT2D eigenvalue weighted by Gasteiger charge is -2.19. The maximum absolute atomic E-state index is 13.1. The Morgan fingerprint density at radius 2 is 1.22 bits per heavy atom. The Hall–Kier alpha value is -5.66. The molecule has 0 unspecified atom stereocenters. The van der Waals surface area contributed by atoms with Crippen LogP contribution >= 0.6 is 23.2 Å². The number of benzene rings is 5. The van der Waals surface area contributed by atoms with Gasteiger partial charge >= 0.3 is 17.6 Å². The molecule has 1 fully saturated rings. The molecule has 7 rings (SSSR count). The number of nitro benzene ring substituents is 1. The van der Waals surface area contributed by atoms with Gasteiger partial charge in [0.1, 0.15) is 11.5 Å². The number of fused-ring (bicyclic) bond motifs is 3. The molecule has 0 N–H and O–H groups in total. The molecule has 0 saturated carbocycles. The first-order valence-corrected chi connectivity index (χ1v) is 15.7.